The minimum absolute atomic E-state index is 0.226. The van der Waals surface area contributed by atoms with Crippen LogP contribution in [0.1, 0.15) is 38.7 Å². The number of rotatable bonds is 4. The lowest BCUT2D eigenvalue weighted by Crippen LogP contribution is -2.52. The van der Waals surface area contributed by atoms with Gasteiger partial charge in [-0.25, -0.2) is 0 Å². The van der Waals surface area contributed by atoms with Crippen LogP contribution < -0.4 is 5.32 Å². The van der Waals surface area contributed by atoms with Gasteiger partial charge >= 0.3 is 0 Å². The van der Waals surface area contributed by atoms with Crippen molar-refractivity contribution in [3.8, 4) is 0 Å². The summed E-state index contributed by atoms with van der Waals surface area (Å²) in [5.74, 6) is 0.438. The Kier molecular flexibility index (Phi) is 4.61. The number of allylic oxidation sites excluding steroid dienone is 1. The molecule has 2 unspecified atom stereocenters. The summed E-state index contributed by atoms with van der Waals surface area (Å²) in [7, 11) is 0. The van der Waals surface area contributed by atoms with Crippen molar-refractivity contribution >= 4 is 5.71 Å². The van der Waals surface area contributed by atoms with Crippen LogP contribution in [0.3, 0.4) is 0 Å². The molecule has 0 saturated heterocycles. The summed E-state index contributed by atoms with van der Waals surface area (Å²) >= 11 is 0. The van der Waals surface area contributed by atoms with Crippen molar-refractivity contribution in [3.63, 3.8) is 0 Å². The topological polar surface area (TPSA) is 44.6 Å². The maximum atomic E-state index is 9.34. The Labute approximate surface area is 121 Å². The van der Waals surface area contributed by atoms with E-state index in [1.165, 1.54) is 11.1 Å². The predicted octanol–water partition coefficient (Wildman–Crippen LogP) is 3.74. The molecule has 0 heterocycles. The number of nitrogens with zero attached hydrogens (tertiary/aromatic N) is 1. The molecule has 3 nitrogen and oxygen atoms in total. The second kappa shape index (κ2) is 6.23. The first-order chi connectivity index (χ1) is 9.55. The van der Waals surface area contributed by atoms with Gasteiger partial charge in [-0.15, -0.1) is 0 Å². The van der Waals surface area contributed by atoms with Gasteiger partial charge in [-0.3, -0.25) is 0 Å². The molecule has 1 aliphatic carbocycles. The second-order valence-corrected chi connectivity index (χ2v) is 6.00. The van der Waals surface area contributed by atoms with Crippen LogP contribution in [0.4, 0.5) is 0 Å². The highest BCUT2D eigenvalue weighted by Crippen LogP contribution is 2.33. The third-order valence-corrected chi connectivity index (χ3v) is 4.41. The van der Waals surface area contributed by atoms with Crippen molar-refractivity contribution in [1.29, 1.82) is 0 Å². The number of nitrogens with one attached hydrogen (secondary N) is 1. The second-order valence-electron chi connectivity index (χ2n) is 6.00. The molecule has 0 aliphatic heterocycles. The van der Waals surface area contributed by atoms with Gasteiger partial charge in [0.2, 0.25) is 0 Å². The fourth-order valence-corrected chi connectivity index (χ4v) is 2.82. The van der Waals surface area contributed by atoms with E-state index < -0.39 is 0 Å². The average molecular weight is 272 g/mol. The highest BCUT2D eigenvalue weighted by Gasteiger charge is 2.37. The Morgan fingerprint density at radius 2 is 2.15 bits per heavy atom. The number of hydrogen-bond donors (Lipinski definition) is 2. The molecule has 0 amide bonds. The van der Waals surface area contributed by atoms with Crippen LogP contribution in [0, 0.1) is 5.92 Å². The molecule has 1 aromatic rings. The van der Waals surface area contributed by atoms with E-state index in [2.05, 4.69) is 43.0 Å². The molecule has 2 atom stereocenters. The van der Waals surface area contributed by atoms with Crippen LogP contribution in [-0.4, -0.2) is 16.5 Å². The molecule has 108 valence electrons. The molecule has 2 N–H and O–H groups in total. The number of benzene rings is 1. The minimum Gasteiger partial charge on any atom is -0.411 e. The molecular weight excluding hydrogens is 248 g/mol. The Balaban J connectivity index is 2.04. The Bertz CT molecular complexity index is 495. The van der Waals surface area contributed by atoms with Crippen molar-refractivity contribution in [2.75, 3.05) is 0 Å². The maximum absolute atomic E-state index is 9.34. The van der Waals surface area contributed by atoms with Crippen LogP contribution in [0.25, 0.3) is 0 Å². The fourth-order valence-electron chi connectivity index (χ4n) is 2.82. The first-order valence-corrected chi connectivity index (χ1v) is 7.21. The van der Waals surface area contributed by atoms with Gasteiger partial charge in [-0.2, -0.15) is 0 Å². The molecule has 1 fully saturated rings. The average Bonchev–Trinajstić information content (AvgIpc) is 2.46. The smallest absolute Gasteiger partial charge is 0.0774 e. The minimum atomic E-state index is -0.226. The van der Waals surface area contributed by atoms with E-state index in [0.29, 0.717) is 5.92 Å². The van der Waals surface area contributed by atoms with E-state index in [4.69, 9.17) is 0 Å². The number of hydrogen-bond acceptors (Lipinski definition) is 3. The lowest BCUT2D eigenvalue weighted by atomic mass is 9.74. The van der Waals surface area contributed by atoms with Gasteiger partial charge in [0.05, 0.1) is 11.3 Å². The molecule has 1 aromatic carbocycles. The van der Waals surface area contributed by atoms with E-state index in [9.17, 15) is 5.21 Å². The van der Waals surface area contributed by atoms with Crippen molar-refractivity contribution in [2.45, 2.75) is 45.2 Å². The van der Waals surface area contributed by atoms with Gasteiger partial charge in [-0.05, 0) is 44.6 Å². The lowest BCUT2D eigenvalue weighted by Gasteiger charge is -2.39. The summed E-state index contributed by atoms with van der Waals surface area (Å²) < 4.78 is 0. The largest absolute Gasteiger partial charge is 0.411 e. The third-order valence-electron chi connectivity index (χ3n) is 4.41. The van der Waals surface area contributed by atoms with Gasteiger partial charge in [0.1, 0.15) is 0 Å². The summed E-state index contributed by atoms with van der Waals surface area (Å²) in [5, 5.41) is 16.5. The molecule has 0 bridgehead atoms. The molecule has 1 saturated carbocycles. The summed E-state index contributed by atoms with van der Waals surface area (Å²) in [6, 6.07) is 10.3. The normalized spacial score (nSPS) is 28.5. The van der Waals surface area contributed by atoms with E-state index in [1.54, 1.807) is 0 Å². The van der Waals surface area contributed by atoms with E-state index in [-0.39, 0.29) is 5.54 Å². The monoisotopic (exact) mass is 272 g/mol. The molecule has 1 aliphatic rings. The zero-order chi connectivity index (χ0) is 14.6. The van der Waals surface area contributed by atoms with Crippen LogP contribution in [0.15, 0.2) is 47.6 Å². The van der Waals surface area contributed by atoms with Crippen molar-refractivity contribution in [1.82, 2.24) is 5.32 Å². The van der Waals surface area contributed by atoms with Crippen molar-refractivity contribution in [2.24, 2.45) is 11.1 Å². The quantitative estimate of drug-likeness (QED) is 0.498. The van der Waals surface area contributed by atoms with Gasteiger partial charge in [-0.1, -0.05) is 47.6 Å². The predicted molar refractivity (Wildman–Crippen MR) is 83.1 cm³/mol. The Morgan fingerprint density at radius 1 is 1.45 bits per heavy atom. The fraction of sp³-hybridized carbons (Fsp3) is 0.471. The molecule has 20 heavy (non-hydrogen) atoms. The van der Waals surface area contributed by atoms with Crippen LogP contribution >= 0.6 is 0 Å². The molecule has 0 spiro atoms. The summed E-state index contributed by atoms with van der Waals surface area (Å²) in [4.78, 5) is 0. The van der Waals surface area contributed by atoms with Crippen LogP contribution in [-0.2, 0) is 6.54 Å². The zero-order valence-electron chi connectivity index (χ0n) is 12.4. The summed E-state index contributed by atoms with van der Waals surface area (Å²) in [6.45, 7) is 9.00. The molecule has 0 aromatic heterocycles. The third kappa shape index (κ3) is 3.28. The molecular formula is C17H24N2O. The first-order valence-electron chi connectivity index (χ1n) is 7.21. The van der Waals surface area contributed by atoms with E-state index in [0.717, 1.165) is 31.5 Å². The summed E-state index contributed by atoms with van der Waals surface area (Å²) in [5.41, 5.74) is 3.04. The van der Waals surface area contributed by atoms with E-state index in [1.807, 2.05) is 18.2 Å². The lowest BCUT2D eigenvalue weighted by molar-refractivity contribution is 0.287. The maximum Gasteiger partial charge on any atom is 0.0774 e. The Morgan fingerprint density at radius 3 is 2.75 bits per heavy atom. The highest BCUT2D eigenvalue weighted by atomic mass is 16.4. The van der Waals surface area contributed by atoms with Crippen molar-refractivity contribution < 1.29 is 5.21 Å². The molecule has 3 heteroatoms. The molecule has 2 rings (SSSR count). The van der Waals surface area contributed by atoms with Crippen LogP contribution in [0.2, 0.25) is 0 Å². The standard InChI is InChI=1S/C17H24N2O/c1-13(2)15-9-10-17(3,16(11-15)19-20)18-12-14-7-5-4-6-8-14/h4-8,15,18,20H,1,9-12H2,2-3H3. The number of oxime groups is 1. The first kappa shape index (κ1) is 14.8. The van der Waals surface area contributed by atoms with Gasteiger partial charge < -0.3 is 10.5 Å². The van der Waals surface area contributed by atoms with Gasteiger partial charge in [0.25, 0.3) is 0 Å². The van der Waals surface area contributed by atoms with Crippen molar-refractivity contribution in [3.05, 3.63) is 48.0 Å². The highest BCUT2D eigenvalue weighted by molar-refractivity contribution is 5.93. The van der Waals surface area contributed by atoms with Crippen LogP contribution in [0.5, 0.6) is 0 Å². The summed E-state index contributed by atoms with van der Waals surface area (Å²) in [6.07, 6.45) is 2.85. The SMILES string of the molecule is C=C(C)C1CCC(C)(NCc2ccccc2)C(=NO)C1. The van der Waals surface area contributed by atoms with Gasteiger partial charge in [0, 0.05) is 6.54 Å². The molecule has 0 radical (unpaired) electrons. The zero-order valence-corrected chi connectivity index (χ0v) is 12.4. The van der Waals surface area contributed by atoms with E-state index >= 15 is 0 Å². The van der Waals surface area contributed by atoms with Gasteiger partial charge in [0.15, 0.2) is 0 Å². The Hall–Kier alpha value is -1.61.